The average molecular weight is 305 g/mol. The lowest BCUT2D eigenvalue weighted by Crippen LogP contribution is -2.19. The Bertz CT molecular complexity index is 453. The summed E-state index contributed by atoms with van der Waals surface area (Å²) in [4.78, 5) is 22.9. The van der Waals surface area contributed by atoms with E-state index in [-0.39, 0.29) is 5.97 Å². The molecule has 0 aromatic rings. The number of carboxylic acid groups (broad SMARTS) is 1. The average Bonchev–Trinajstić information content (AvgIpc) is 2.83. The highest BCUT2D eigenvalue weighted by Crippen LogP contribution is 2.08. The van der Waals surface area contributed by atoms with Crippen LogP contribution in [0.2, 0.25) is 0 Å². The van der Waals surface area contributed by atoms with Gasteiger partial charge in [0.1, 0.15) is 0 Å². The van der Waals surface area contributed by atoms with Crippen LogP contribution in [0.5, 0.6) is 0 Å². The Morgan fingerprint density at radius 1 is 1.23 bits per heavy atom. The number of esters is 1. The molecule has 0 spiro atoms. The van der Waals surface area contributed by atoms with Crippen LogP contribution in [-0.2, 0) is 14.3 Å². The van der Waals surface area contributed by atoms with Crippen LogP contribution in [0, 0.1) is 0 Å². The molecule has 5 heteroatoms. The quantitative estimate of drug-likeness (QED) is 0.424. The van der Waals surface area contributed by atoms with E-state index in [1.54, 1.807) is 24.4 Å². The molecule has 0 aliphatic carbocycles. The molecule has 1 aliphatic heterocycles. The number of aliphatic carboxylic acids is 1. The topological polar surface area (TPSA) is 66.8 Å². The summed E-state index contributed by atoms with van der Waals surface area (Å²) in [5.74, 6) is -1.16. The van der Waals surface area contributed by atoms with Gasteiger partial charge in [0.25, 0.3) is 0 Å². The Morgan fingerprint density at radius 3 is 2.09 bits per heavy atom. The van der Waals surface area contributed by atoms with E-state index < -0.39 is 5.97 Å². The highest BCUT2D eigenvalue weighted by Gasteiger charge is 2.14. The Morgan fingerprint density at radius 2 is 1.82 bits per heavy atom. The Balaban J connectivity index is 0.000000518. The van der Waals surface area contributed by atoms with Crippen molar-refractivity contribution in [2.75, 3.05) is 19.7 Å². The first-order chi connectivity index (χ1) is 10.5. The van der Waals surface area contributed by atoms with Gasteiger partial charge < -0.3 is 14.7 Å². The smallest absolute Gasteiger partial charge is 0.333 e. The van der Waals surface area contributed by atoms with Crippen LogP contribution in [0.1, 0.15) is 12.8 Å². The maximum absolute atomic E-state index is 10.8. The lowest BCUT2D eigenvalue weighted by atomic mass is 10.2. The summed E-state index contributed by atoms with van der Waals surface area (Å²) in [6, 6.07) is 0. The third-order valence-corrected chi connectivity index (χ3v) is 2.63. The number of carboxylic acids is 1. The Kier molecular flexibility index (Phi) is 9.84. The lowest BCUT2D eigenvalue weighted by molar-refractivity contribution is -0.135. The monoisotopic (exact) mass is 305 g/mol. The van der Waals surface area contributed by atoms with Crippen molar-refractivity contribution in [3.63, 3.8) is 0 Å². The number of ether oxygens (including phenoxy) is 1. The second-order valence-electron chi connectivity index (χ2n) is 4.47. The number of cyclic esters (lactones) is 1. The van der Waals surface area contributed by atoms with Crippen molar-refractivity contribution in [3.05, 3.63) is 61.9 Å². The van der Waals surface area contributed by atoms with Gasteiger partial charge in [-0.25, -0.2) is 9.59 Å². The van der Waals surface area contributed by atoms with Crippen LogP contribution in [0.25, 0.3) is 0 Å². The zero-order valence-electron chi connectivity index (χ0n) is 12.8. The molecule has 1 rings (SSSR count). The molecule has 0 saturated carbocycles. The number of allylic oxidation sites excluding steroid dienone is 1. The van der Waals surface area contributed by atoms with Crippen LogP contribution in [0.15, 0.2) is 61.9 Å². The molecule has 0 radical (unpaired) electrons. The predicted molar refractivity (Wildman–Crippen MR) is 87.2 cm³/mol. The third-order valence-electron chi connectivity index (χ3n) is 2.63. The van der Waals surface area contributed by atoms with E-state index in [0.717, 1.165) is 0 Å². The van der Waals surface area contributed by atoms with Crippen molar-refractivity contribution in [3.8, 4) is 0 Å². The van der Waals surface area contributed by atoms with Gasteiger partial charge in [0.05, 0.1) is 12.2 Å². The number of rotatable bonds is 8. The molecule has 1 fully saturated rings. The number of hydrogen-bond acceptors (Lipinski definition) is 4. The predicted octanol–water partition coefficient (Wildman–Crippen LogP) is 2.69. The summed E-state index contributed by atoms with van der Waals surface area (Å²) in [5.41, 5.74) is 0.911. The van der Waals surface area contributed by atoms with Crippen molar-refractivity contribution < 1.29 is 19.4 Å². The zero-order chi connectivity index (χ0) is 17.0. The number of hydrogen-bond donors (Lipinski definition) is 1. The Labute approximate surface area is 131 Å². The minimum Gasteiger partial charge on any atom is -0.478 e. The highest BCUT2D eigenvalue weighted by atomic mass is 16.5. The van der Waals surface area contributed by atoms with E-state index >= 15 is 0 Å². The van der Waals surface area contributed by atoms with Crippen molar-refractivity contribution in [2.45, 2.75) is 12.8 Å². The van der Waals surface area contributed by atoms with E-state index in [0.29, 0.717) is 43.7 Å². The first-order valence-electron chi connectivity index (χ1n) is 6.81. The van der Waals surface area contributed by atoms with Crippen molar-refractivity contribution in [1.29, 1.82) is 0 Å². The van der Waals surface area contributed by atoms with Gasteiger partial charge in [-0.15, -0.1) is 19.7 Å². The lowest BCUT2D eigenvalue weighted by Gasteiger charge is -2.17. The SMILES string of the molecule is C=C1CCOC1=O.C=CCC(=CN(CC=C)CC=C)C(=O)O. The first-order valence-corrected chi connectivity index (χ1v) is 6.81. The van der Waals surface area contributed by atoms with Gasteiger partial charge in [0.2, 0.25) is 0 Å². The van der Waals surface area contributed by atoms with Crippen molar-refractivity contribution in [1.82, 2.24) is 4.90 Å². The number of nitrogens with zero attached hydrogens (tertiary/aromatic N) is 1. The van der Waals surface area contributed by atoms with Crippen LogP contribution in [0.4, 0.5) is 0 Å². The molecule has 22 heavy (non-hydrogen) atoms. The van der Waals surface area contributed by atoms with Crippen LogP contribution < -0.4 is 0 Å². The van der Waals surface area contributed by atoms with E-state index in [2.05, 4.69) is 31.1 Å². The van der Waals surface area contributed by atoms with Gasteiger partial charge in [0, 0.05) is 31.3 Å². The number of carbonyl (C=O) groups excluding carboxylic acids is 1. The van der Waals surface area contributed by atoms with Gasteiger partial charge in [-0.2, -0.15) is 0 Å². The van der Waals surface area contributed by atoms with Gasteiger partial charge in [0.15, 0.2) is 0 Å². The summed E-state index contributed by atoms with van der Waals surface area (Å²) in [5, 5.41) is 8.90. The molecule has 1 aliphatic rings. The number of carbonyl (C=O) groups is 2. The van der Waals surface area contributed by atoms with Crippen LogP contribution in [0.3, 0.4) is 0 Å². The molecule has 1 heterocycles. The molecular formula is C17H23NO4. The maximum Gasteiger partial charge on any atom is 0.333 e. The fourth-order valence-electron chi connectivity index (χ4n) is 1.55. The molecule has 1 N–H and O–H groups in total. The van der Waals surface area contributed by atoms with Crippen molar-refractivity contribution in [2.24, 2.45) is 0 Å². The molecule has 1 saturated heterocycles. The minimum atomic E-state index is -0.923. The first kappa shape index (κ1) is 19.4. The Hall–Kier alpha value is -2.56. The third kappa shape index (κ3) is 7.89. The molecule has 0 aromatic carbocycles. The van der Waals surface area contributed by atoms with Gasteiger partial charge >= 0.3 is 11.9 Å². The maximum atomic E-state index is 10.8. The van der Waals surface area contributed by atoms with E-state index in [9.17, 15) is 9.59 Å². The molecule has 0 aromatic heterocycles. The molecule has 0 amide bonds. The van der Waals surface area contributed by atoms with Crippen LogP contribution >= 0.6 is 0 Å². The molecule has 0 atom stereocenters. The second-order valence-corrected chi connectivity index (χ2v) is 4.47. The van der Waals surface area contributed by atoms with Crippen molar-refractivity contribution >= 4 is 11.9 Å². The highest BCUT2D eigenvalue weighted by molar-refractivity contribution is 5.89. The molecule has 0 unspecified atom stereocenters. The van der Waals surface area contributed by atoms with Gasteiger partial charge in [-0.05, 0) is 6.42 Å². The van der Waals surface area contributed by atoms with E-state index in [1.165, 1.54) is 0 Å². The van der Waals surface area contributed by atoms with Crippen LogP contribution in [-0.4, -0.2) is 41.6 Å². The second kappa shape index (κ2) is 11.1. The molecule has 5 nitrogen and oxygen atoms in total. The summed E-state index contributed by atoms with van der Waals surface area (Å²) in [6.45, 7) is 15.9. The summed E-state index contributed by atoms with van der Waals surface area (Å²) in [7, 11) is 0. The van der Waals surface area contributed by atoms with Gasteiger partial charge in [-0.1, -0.05) is 24.8 Å². The summed E-state index contributed by atoms with van der Waals surface area (Å²) < 4.78 is 4.53. The van der Waals surface area contributed by atoms with E-state index in [4.69, 9.17) is 5.11 Å². The summed E-state index contributed by atoms with van der Waals surface area (Å²) >= 11 is 0. The van der Waals surface area contributed by atoms with E-state index in [1.807, 2.05) is 4.90 Å². The fraction of sp³-hybridized carbons (Fsp3) is 0.294. The largest absolute Gasteiger partial charge is 0.478 e. The molecule has 120 valence electrons. The standard InChI is InChI=1S/C12H17NO2.C5H6O2/c1-4-7-11(12(14)15)10-13(8-5-2)9-6-3;1-4-2-3-7-5(4)6/h4-6,10H,1-3,7-9H2,(H,14,15);1-3H2. The summed E-state index contributed by atoms with van der Waals surface area (Å²) in [6.07, 6.45) is 7.66. The molecular weight excluding hydrogens is 282 g/mol. The molecule has 0 bridgehead atoms. The minimum absolute atomic E-state index is 0.236. The normalized spacial score (nSPS) is 13.5. The zero-order valence-corrected chi connectivity index (χ0v) is 12.8. The van der Waals surface area contributed by atoms with Gasteiger partial charge in [-0.3, -0.25) is 0 Å². The fourth-order valence-corrected chi connectivity index (χ4v) is 1.55.